The zero-order valence-corrected chi connectivity index (χ0v) is 12.7. The highest BCUT2D eigenvalue weighted by Gasteiger charge is 2.26. The lowest BCUT2D eigenvalue weighted by Gasteiger charge is -2.03. The zero-order valence-electron chi connectivity index (χ0n) is 12.7. The van der Waals surface area contributed by atoms with Crippen LogP contribution in [0.2, 0.25) is 0 Å². The number of ether oxygens (including phenoxy) is 1. The molecule has 122 valence electrons. The van der Waals surface area contributed by atoms with E-state index in [4.69, 9.17) is 14.3 Å². The first kappa shape index (κ1) is 15.5. The number of rotatable bonds is 5. The number of carboxylic acid groups (broad SMARTS) is 1. The molecular weight excluding hydrogens is 314 g/mol. The average molecular weight is 327 g/mol. The number of benzene rings is 2. The van der Waals surface area contributed by atoms with Gasteiger partial charge in [0, 0.05) is 5.39 Å². The number of carboxylic acids is 1. The van der Waals surface area contributed by atoms with Gasteiger partial charge in [0.15, 0.2) is 0 Å². The molecule has 0 fully saturated rings. The first-order valence-corrected chi connectivity index (χ1v) is 7.05. The minimum atomic E-state index is -0.977. The van der Waals surface area contributed by atoms with Gasteiger partial charge >= 0.3 is 11.9 Å². The highest BCUT2D eigenvalue weighted by molar-refractivity contribution is 5.99. The Morgan fingerprint density at radius 3 is 2.75 bits per heavy atom. The fourth-order valence-corrected chi connectivity index (χ4v) is 2.60. The molecule has 0 spiro atoms. The van der Waals surface area contributed by atoms with E-state index >= 15 is 0 Å². The smallest absolute Gasteiger partial charge is 0.442 e. The number of aliphatic carboxylic acids is 1. The zero-order chi connectivity index (χ0) is 17.3. The maximum atomic E-state index is 11.4. The van der Waals surface area contributed by atoms with Crippen LogP contribution in [0.4, 0.5) is 5.88 Å². The van der Waals surface area contributed by atoms with Crippen molar-refractivity contribution >= 4 is 22.8 Å². The monoisotopic (exact) mass is 327 g/mol. The van der Waals surface area contributed by atoms with Gasteiger partial charge in [-0.2, -0.15) is 0 Å². The van der Waals surface area contributed by atoms with E-state index in [1.165, 1.54) is 7.11 Å². The van der Waals surface area contributed by atoms with Crippen molar-refractivity contribution in [2.45, 2.75) is 6.42 Å². The number of nitro groups is 1. The molecule has 3 rings (SSSR count). The van der Waals surface area contributed by atoms with Crippen molar-refractivity contribution in [2.24, 2.45) is 0 Å². The lowest BCUT2D eigenvalue weighted by Crippen LogP contribution is -1.99. The van der Waals surface area contributed by atoms with E-state index in [0.717, 1.165) is 0 Å². The second-order valence-electron chi connectivity index (χ2n) is 5.17. The third-order valence-electron chi connectivity index (χ3n) is 3.61. The summed E-state index contributed by atoms with van der Waals surface area (Å²) >= 11 is 0. The Balaban J connectivity index is 2.27. The van der Waals surface area contributed by atoms with Crippen LogP contribution in [-0.2, 0) is 11.2 Å². The third kappa shape index (κ3) is 2.79. The summed E-state index contributed by atoms with van der Waals surface area (Å²) in [6, 6.07) is 11.6. The van der Waals surface area contributed by atoms with Crippen molar-refractivity contribution in [2.75, 3.05) is 7.11 Å². The number of hydrogen-bond acceptors (Lipinski definition) is 5. The largest absolute Gasteiger partial charge is 0.497 e. The molecule has 7 heteroatoms. The predicted molar refractivity (Wildman–Crippen MR) is 86.2 cm³/mol. The molecule has 0 amide bonds. The molecule has 0 saturated carbocycles. The van der Waals surface area contributed by atoms with Crippen LogP contribution in [-0.4, -0.2) is 23.1 Å². The van der Waals surface area contributed by atoms with Gasteiger partial charge in [0.2, 0.25) is 0 Å². The molecule has 24 heavy (non-hydrogen) atoms. The van der Waals surface area contributed by atoms with Crippen molar-refractivity contribution in [1.82, 2.24) is 0 Å². The van der Waals surface area contributed by atoms with Crippen LogP contribution in [0, 0.1) is 10.1 Å². The van der Waals surface area contributed by atoms with Crippen LogP contribution in [0.1, 0.15) is 5.56 Å². The summed E-state index contributed by atoms with van der Waals surface area (Å²) in [7, 11) is 1.51. The van der Waals surface area contributed by atoms with E-state index in [9.17, 15) is 14.9 Å². The number of methoxy groups -OCH3 is 1. The summed E-state index contributed by atoms with van der Waals surface area (Å²) in [6.45, 7) is 0. The van der Waals surface area contributed by atoms with Gasteiger partial charge < -0.3 is 14.3 Å². The summed E-state index contributed by atoms with van der Waals surface area (Å²) in [5.74, 6) is -0.807. The molecule has 0 bridgehead atoms. The summed E-state index contributed by atoms with van der Waals surface area (Å²) in [6.07, 6.45) is -0.174. The van der Waals surface area contributed by atoms with Crippen LogP contribution < -0.4 is 4.74 Å². The first-order valence-electron chi connectivity index (χ1n) is 7.05. The molecule has 1 aromatic heterocycles. The van der Waals surface area contributed by atoms with Gasteiger partial charge in [-0.05, 0) is 35.4 Å². The van der Waals surface area contributed by atoms with E-state index in [0.29, 0.717) is 33.4 Å². The minimum absolute atomic E-state index is 0.174. The second-order valence-corrected chi connectivity index (χ2v) is 5.17. The summed E-state index contributed by atoms with van der Waals surface area (Å²) in [4.78, 5) is 21.7. The number of nitrogens with zero attached hydrogens (tertiary/aromatic N) is 1. The van der Waals surface area contributed by atoms with Crippen molar-refractivity contribution in [3.63, 3.8) is 0 Å². The topological polar surface area (TPSA) is 103 Å². The number of carbonyl (C=O) groups is 1. The Bertz CT molecular complexity index is 943. The molecule has 0 aliphatic heterocycles. The summed E-state index contributed by atoms with van der Waals surface area (Å²) in [5, 5.41) is 20.8. The maximum Gasteiger partial charge on any atom is 0.442 e. The summed E-state index contributed by atoms with van der Waals surface area (Å²) in [5.41, 5.74) is 1.73. The average Bonchev–Trinajstić information content (AvgIpc) is 2.93. The van der Waals surface area contributed by atoms with Crippen molar-refractivity contribution in [1.29, 1.82) is 0 Å². The molecule has 0 aliphatic carbocycles. The van der Waals surface area contributed by atoms with Crippen molar-refractivity contribution < 1.29 is 24.0 Å². The number of hydrogen-bond donors (Lipinski definition) is 1. The number of furan rings is 1. The van der Waals surface area contributed by atoms with Crippen molar-refractivity contribution in [3.05, 3.63) is 58.1 Å². The lowest BCUT2D eigenvalue weighted by atomic mass is 10.0. The molecule has 3 aromatic rings. The summed E-state index contributed by atoms with van der Waals surface area (Å²) < 4.78 is 10.5. The molecular formula is C17H13NO6. The quantitative estimate of drug-likeness (QED) is 0.567. The van der Waals surface area contributed by atoms with Gasteiger partial charge in [-0.3, -0.25) is 14.9 Å². The van der Waals surface area contributed by atoms with Crippen LogP contribution >= 0.6 is 0 Å². The predicted octanol–water partition coefficient (Wildman–Crippen LogP) is 3.64. The van der Waals surface area contributed by atoms with E-state index in [1.807, 2.05) is 0 Å². The molecule has 0 radical (unpaired) electrons. The number of fused-ring (bicyclic) bond motifs is 1. The Labute approximate surface area is 136 Å². The van der Waals surface area contributed by atoms with Gasteiger partial charge in [0.25, 0.3) is 0 Å². The molecule has 0 atom stereocenters. The van der Waals surface area contributed by atoms with Gasteiger partial charge in [-0.15, -0.1) is 0 Å². The minimum Gasteiger partial charge on any atom is -0.497 e. The lowest BCUT2D eigenvalue weighted by molar-refractivity contribution is -0.400. The fraction of sp³-hybridized carbons (Fsp3) is 0.118. The van der Waals surface area contributed by atoms with Crippen LogP contribution in [0.25, 0.3) is 22.1 Å². The van der Waals surface area contributed by atoms with E-state index in [1.54, 1.807) is 42.5 Å². The molecule has 0 saturated heterocycles. The SMILES string of the molecule is COc1cccc(-c2c([N+](=O)[O-])oc3ccc(CC(=O)O)cc23)c1. The standard InChI is InChI=1S/C17H13NO6/c1-23-12-4-2-3-11(9-12)16-13-7-10(8-15(19)20)5-6-14(13)24-17(16)18(21)22/h2-7,9H,8H2,1H3,(H,19,20). The maximum absolute atomic E-state index is 11.4. The molecule has 0 unspecified atom stereocenters. The fourth-order valence-electron chi connectivity index (χ4n) is 2.60. The Hall–Kier alpha value is -3.35. The van der Waals surface area contributed by atoms with Crippen LogP contribution in [0.5, 0.6) is 5.75 Å². The van der Waals surface area contributed by atoms with E-state index in [2.05, 4.69) is 0 Å². The second kappa shape index (κ2) is 6.04. The van der Waals surface area contributed by atoms with Gasteiger partial charge in [0.05, 0.1) is 13.5 Å². The molecule has 1 N–H and O–H groups in total. The highest BCUT2D eigenvalue weighted by atomic mass is 16.6. The molecule has 1 heterocycles. The van der Waals surface area contributed by atoms with E-state index < -0.39 is 10.9 Å². The highest BCUT2D eigenvalue weighted by Crippen LogP contribution is 2.41. The van der Waals surface area contributed by atoms with Crippen LogP contribution in [0.3, 0.4) is 0 Å². The van der Waals surface area contributed by atoms with Crippen molar-refractivity contribution in [3.8, 4) is 16.9 Å². The first-order chi connectivity index (χ1) is 11.5. The molecule has 0 aliphatic rings. The molecule has 2 aromatic carbocycles. The Morgan fingerprint density at radius 2 is 2.08 bits per heavy atom. The van der Waals surface area contributed by atoms with Gasteiger partial charge in [-0.25, -0.2) is 0 Å². The Morgan fingerprint density at radius 1 is 1.29 bits per heavy atom. The molecule has 7 nitrogen and oxygen atoms in total. The van der Waals surface area contributed by atoms with E-state index in [-0.39, 0.29) is 12.3 Å². The Kier molecular flexibility index (Phi) is 3.91. The normalized spacial score (nSPS) is 10.7. The van der Waals surface area contributed by atoms with Gasteiger partial charge in [0.1, 0.15) is 21.8 Å². The third-order valence-corrected chi connectivity index (χ3v) is 3.61. The van der Waals surface area contributed by atoms with Crippen LogP contribution in [0.15, 0.2) is 46.9 Å². The van der Waals surface area contributed by atoms with Gasteiger partial charge in [-0.1, -0.05) is 18.2 Å².